The molecule has 0 atom stereocenters. The van der Waals surface area contributed by atoms with Gasteiger partial charge in [-0.3, -0.25) is 9.79 Å². The highest BCUT2D eigenvalue weighted by atomic mass is 16.5. The second-order valence-corrected chi connectivity index (χ2v) is 6.29. The van der Waals surface area contributed by atoms with Gasteiger partial charge in [-0.1, -0.05) is 31.0 Å². The molecule has 1 aromatic carbocycles. The van der Waals surface area contributed by atoms with Crippen molar-refractivity contribution in [3.05, 3.63) is 29.8 Å². The minimum atomic E-state index is 0.115. The summed E-state index contributed by atoms with van der Waals surface area (Å²) in [6.45, 7) is 1.32. The van der Waals surface area contributed by atoms with Crippen LogP contribution in [-0.4, -0.2) is 45.2 Å². The Morgan fingerprint density at radius 2 is 1.92 bits per heavy atom. The summed E-state index contributed by atoms with van der Waals surface area (Å²) in [4.78, 5) is 16.1. The predicted octanol–water partition coefficient (Wildman–Crippen LogP) is 1.85. The van der Waals surface area contributed by atoms with Crippen LogP contribution in [0, 0.1) is 0 Å². The van der Waals surface area contributed by atoms with Gasteiger partial charge in [0.1, 0.15) is 5.75 Å². The lowest BCUT2D eigenvalue weighted by atomic mass is 10.1. The molecule has 3 N–H and O–H groups in total. The summed E-state index contributed by atoms with van der Waals surface area (Å²) < 4.78 is 5.36. The van der Waals surface area contributed by atoms with Crippen LogP contribution in [0.25, 0.3) is 0 Å². The molecule has 2 rings (SSSR count). The van der Waals surface area contributed by atoms with E-state index in [1.165, 1.54) is 12.8 Å². The molecule has 0 radical (unpaired) electrons. The molecule has 1 aliphatic rings. The first kappa shape index (κ1) is 19.1. The molecule has 0 unspecified atom stereocenters. The van der Waals surface area contributed by atoms with Gasteiger partial charge in [0.15, 0.2) is 5.96 Å². The molecule has 1 fully saturated rings. The smallest absolute Gasteiger partial charge is 0.221 e. The standard InChI is InChI=1S/C19H30N4O2/c1-20-19(21-13-11-15-7-3-6-10-17(15)25-2)22-14-12-18(24)23-16-8-4-5-9-16/h3,6-7,10,16H,4-5,8-9,11-14H2,1-2H3,(H,23,24)(H2,20,21,22). The van der Waals surface area contributed by atoms with Crippen molar-refractivity contribution < 1.29 is 9.53 Å². The third-order valence-corrected chi connectivity index (χ3v) is 4.47. The molecule has 6 nitrogen and oxygen atoms in total. The van der Waals surface area contributed by atoms with Crippen molar-refractivity contribution in [1.82, 2.24) is 16.0 Å². The molecule has 1 saturated carbocycles. The minimum Gasteiger partial charge on any atom is -0.496 e. The Morgan fingerprint density at radius 1 is 1.20 bits per heavy atom. The third kappa shape index (κ3) is 6.64. The molecule has 0 aromatic heterocycles. The van der Waals surface area contributed by atoms with Crippen LogP contribution >= 0.6 is 0 Å². The van der Waals surface area contributed by atoms with Crippen molar-refractivity contribution in [1.29, 1.82) is 0 Å². The number of nitrogens with one attached hydrogen (secondary N) is 3. The second-order valence-electron chi connectivity index (χ2n) is 6.29. The normalized spacial score (nSPS) is 15.0. The van der Waals surface area contributed by atoms with Crippen molar-refractivity contribution >= 4 is 11.9 Å². The van der Waals surface area contributed by atoms with Crippen LogP contribution in [0.15, 0.2) is 29.3 Å². The van der Waals surface area contributed by atoms with Gasteiger partial charge >= 0.3 is 0 Å². The fourth-order valence-electron chi connectivity index (χ4n) is 3.11. The molecule has 0 saturated heterocycles. The summed E-state index contributed by atoms with van der Waals surface area (Å²) in [5.41, 5.74) is 1.16. The lowest BCUT2D eigenvalue weighted by Gasteiger charge is -2.14. The zero-order valence-corrected chi connectivity index (χ0v) is 15.3. The average molecular weight is 346 g/mol. The van der Waals surface area contributed by atoms with Crippen LogP contribution in [0.3, 0.4) is 0 Å². The van der Waals surface area contributed by atoms with Gasteiger partial charge in [0.25, 0.3) is 0 Å². The van der Waals surface area contributed by atoms with E-state index in [1.807, 2.05) is 18.2 Å². The average Bonchev–Trinajstić information content (AvgIpc) is 3.13. The van der Waals surface area contributed by atoms with E-state index in [2.05, 4.69) is 27.0 Å². The second kappa shape index (κ2) is 10.6. The molecule has 138 valence electrons. The van der Waals surface area contributed by atoms with E-state index >= 15 is 0 Å². The zero-order valence-electron chi connectivity index (χ0n) is 15.3. The number of guanidine groups is 1. The number of rotatable bonds is 8. The minimum absolute atomic E-state index is 0.115. The maximum Gasteiger partial charge on any atom is 0.221 e. The molecular formula is C19H30N4O2. The van der Waals surface area contributed by atoms with Crippen LogP contribution in [-0.2, 0) is 11.2 Å². The fraction of sp³-hybridized carbons (Fsp3) is 0.579. The van der Waals surface area contributed by atoms with Crippen molar-refractivity contribution in [3.63, 3.8) is 0 Å². The van der Waals surface area contributed by atoms with E-state index in [4.69, 9.17) is 4.74 Å². The Balaban J connectivity index is 1.64. The number of amides is 1. The van der Waals surface area contributed by atoms with Gasteiger partial charge in [-0.2, -0.15) is 0 Å². The highest BCUT2D eigenvalue weighted by Crippen LogP contribution is 2.18. The number of nitrogens with zero attached hydrogens (tertiary/aromatic N) is 1. The summed E-state index contributed by atoms with van der Waals surface area (Å²) >= 11 is 0. The predicted molar refractivity (Wildman–Crippen MR) is 101 cm³/mol. The summed E-state index contributed by atoms with van der Waals surface area (Å²) in [6.07, 6.45) is 5.99. The Hall–Kier alpha value is -2.24. The van der Waals surface area contributed by atoms with Crippen molar-refractivity contribution in [2.24, 2.45) is 4.99 Å². The first-order valence-corrected chi connectivity index (χ1v) is 9.08. The van der Waals surface area contributed by atoms with Gasteiger partial charge in [0.05, 0.1) is 7.11 Å². The monoisotopic (exact) mass is 346 g/mol. The SMILES string of the molecule is CN=C(NCCC(=O)NC1CCCC1)NCCc1ccccc1OC. The number of hydrogen-bond acceptors (Lipinski definition) is 3. The van der Waals surface area contributed by atoms with Gasteiger partial charge in [-0.15, -0.1) is 0 Å². The summed E-state index contributed by atoms with van der Waals surface area (Å²) in [5.74, 6) is 1.73. The number of aliphatic imine (C=N–C) groups is 1. The maximum atomic E-state index is 11.9. The van der Waals surface area contributed by atoms with Gasteiger partial charge in [0, 0.05) is 32.6 Å². The Morgan fingerprint density at radius 3 is 2.64 bits per heavy atom. The highest BCUT2D eigenvalue weighted by molar-refractivity contribution is 5.81. The number of benzene rings is 1. The van der Waals surface area contributed by atoms with Crippen LogP contribution in [0.2, 0.25) is 0 Å². The number of hydrogen-bond donors (Lipinski definition) is 3. The molecule has 6 heteroatoms. The van der Waals surface area contributed by atoms with Crippen LogP contribution in [0.4, 0.5) is 0 Å². The van der Waals surface area contributed by atoms with Crippen molar-refractivity contribution in [2.75, 3.05) is 27.2 Å². The molecular weight excluding hydrogens is 316 g/mol. The van der Waals surface area contributed by atoms with E-state index in [9.17, 15) is 4.79 Å². The highest BCUT2D eigenvalue weighted by Gasteiger charge is 2.16. The Kier molecular flexibility index (Phi) is 8.09. The molecule has 25 heavy (non-hydrogen) atoms. The molecule has 0 heterocycles. The lowest BCUT2D eigenvalue weighted by Crippen LogP contribution is -2.41. The van der Waals surface area contributed by atoms with Crippen molar-refractivity contribution in [3.8, 4) is 5.75 Å². The number of methoxy groups -OCH3 is 1. The quantitative estimate of drug-likeness (QED) is 0.496. The van der Waals surface area contributed by atoms with E-state index in [0.717, 1.165) is 37.1 Å². The number of carbonyl (C=O) groups is 1. The Bertz CT molecular complexity index is 568. The molecule has 0 bridgehead atoms. The van der Waals surface area contributed by atoms with E-state index in [-0.39, 0.29) is 5.91 Å². The fourth-order valence-corrected chi connectivity index (χ4v) is 3.11. The summed E-state index contributed by atoms with van der Waals surface area (Å²) in [6, 6.07) is 8.38. The van der Waals surface area contributed by atoms with E-state index in [0.29, 0.717) is 25.0 Å². The summed E-state index contributed by atoms with van der Waals surface area (Å²) in [7, 11) is 3.42. The topological polar surface area (TPSA) is 74.8 Å². The van der Waals surface area contributed by atoms with Crippen LogP contribution in [0.1, 0.15) is 37.7 Å². The molecule has 1 amide bonds. The van der Waals surface area contributed by atoms with Gasteiger partial charge in [-0.05, 0) is 30.9 Å². The third-order valence-electron chi connectivity index (χ3n) is 4.47. The largest absolute Gasteiger partial charge is 0.496 e. The van der Waals surface area contributed by atoms with E-state index in [1.54, 1.807) is 14.2 Å². The molecule has 1 aromatic rings. The number of para-hydroxylation sites is 1. The molecule has 1 aliphatic carbocycles. The van der Waals surface area contributed by atoms with Crippen LogP contribution < -0.4 is 20.7 Å². The van der Waals surface area contributed by atoms with Gasteiger partial charge in [-0.25, -0.2) is 0 Å². The molecule has 0 spiro atoms. The zero-order chi connectivity index (χ0) is 17.9. The first-order valence-electron chi connectivity index (χ1n) is 9.08. The molecule has 0 aliphatic heterocycles. The lowest BCUT2D eigenvalue weighted by molar-refractivity contribution is -0.121. The first-order chi connectivity index (χ1) is 12.2. The summed E-state index contributed by atoms with van der Waals surface area (Å²) in [5, 5.41) is 9.55. The Labute approximate surface area is 150 Å². The number of carbonyl (C=O) groups excluding carboxylic acids is 1. The van der Waals surface area contributed by atoms with E-state index < -0.39 is 0 Å². The van der Waals surface area contributed by atoms with Crippen molar-refractivity contribution in [2.45, 2.75) is 44.6 Å². The van der Waals surface area contributed by atoms with Gasteiger partial charge < -0.3 is 20.7 Å². The number of ether oxygens (including phenoxy) is 1. The van der Waals surface area contributed by atoms with Crippen LogP contribution in [0.5, 0.6) is 5.75 Å². The van der Waals surface area contributed by atoms with Gasteiger partial charge in [0.2, 0.25) is 5.91 Å². The maximum absolute atomic E-state index is 11.9.